The summed E-state index contributed by atoms with van der Waals surface area (Å²) < 4.78 is 65.5. The van der Waals surface area contributed by atoms with Crippen molar-refractivity contribution in [3.8, 4) is 0 Å². The van der Waals surface area contributed by atoms with Crippen LogP contribution in [0.4, 0.5) is 13.2 Å². The fraction of sp³-hybridized carbons (Fsp3) is 0.471. The highest BCUT2D eigenvalue weighted by Crippen LogP contribution is 2.22. The number of alkyl halides is 3. The molecule has 0 aromatic heterocycles. The predicted octanol–water partition coefficient (Wildman–Crippen LogP) is 3.26. The quantitative estimate of drug-likeness (QED) is 0.756. The molecule has 0 saturated carbocycles. The van der Waals surface area contributed by atoms with E-state index in [0.29, 0.717) is 10.5 Å². The second kappa shape index (κ2) is 7.79. The second-order valence-electron chi connectivity index (χ2n) is 6.92. The summed E-state index contributed by atoms with van der Waals surface area (Å²) in [5, 5.41) is 0. The molecule has 1 rings (SSSR count). The molecule has 0 unspecified atom stereocenters. The van der Waals surface area contributed by atoms with Crippen molar-refractivity contribution in [3.05, 3.63) is 42.0 Å². The lowest BCUT2D eigenvalue weighted by Crippen LogP contribution is -2.41. The minimum absolute atomic E-state index is 0.104. The van der Waals surface area contributed by atoms with Gasteiger partial charge in [0.05, 0.1) is 4.90 Å². The number of nitrogens with zero attached hydrogens (tertiary/aromatic N) is 1. The van der Waals surface area contributed by atoms with Gasteiger partial charge >= 0.3 is 6.18 Å². The molecule has 0 atom stereocenters. The number of rotatable bonds is 6. The SMILES string of the molecule is C=CCN(CC(F)(F)F)C(=O)c1cc(S(=O)(=O)NC(C)(C)C)ccc1C. The molecule has 0 aliphatic rings. The van der Waals surface area contributed by atoms with Crippen LogP contribution < -0.4 is 4.72 Å². The van der Waals surface area contributed by atoms with Crippen molar-refractivity contribution >= 4 is 15.9 Å². The third-order valence-electron chi connectivity index (χ3n) is 3.20. The number of carbonyl (C=O) groups is 1. The summed E-state index contributed by atoms with van der Waals surface area (Å²) in [5.74, 6) is -0.910. The minimum atomic E-state index is -4.58. The molecule has 146 valence electrons. The summed E-state index contributed by atoms with van der Waals surface area (Å²) in [6.45, 7) is 8.09. The van der Waals surface area contributed by atoms with E-state index in [1.54, 1.807) is 20.8 Å². The van der Waals surface area contributed by atoms with Gasteiger partial charge in [0.15, 0.2) is 0 Å². The molecule has 0 saturated heterocycles. The van der Waals surface area contributed by atoms with E-state index in [1.165, 1.54) is 25.1 Å². The van der Waals surface area contributed by atoms with Crippen LogP contribution >= 0.6 is 0 Å². The van der Waals surface area contributed by atoms with Crippen molar-refractivity contribution in [2.75, 3.05) is 13.1 Å². The number of aryl methyl sites for hydroxylation is 1. The van der Waals surface area contributed by atoms with Gasteiger partial charge in [-0.2, -0.15) is 13.2 Å². The Kier molecular flexibility index (Phi) is 6.64. The third-order valence-corrected chi connectivity index (χ3v) is 4.95. The molecule has 0 radical (unpaired) electrons. The van der Waals surface area contributed by atoms with Gasteiger partial charge in [-0.3, -0.25) is 4.79 Å². The van der Waals surface area contributed by atoms with Gasteiger partial charge in [-0.15, -0.1) is 6.58 Å². The van der Waals surface area contributed by atoms with E-state index in [-0.39, 0.29) is 17.0 Å². The average molecular weight is 392 g/mol. The zero-order valence-electron chi connectivity index (χ0n) is 15.1. The Morgan fingerprint density at radius 3 is 2.31 bits per heavy atom. The van der Waals surface area contributed by atoms with Crippen LogP contribution in [0.25, 0.3) is 0 Å². The average Bonchev–Trinajstić information content (AvgIpc) is 2.42. The van der Waals surface area contributed by atoms with Crippen LogP contribution in [-0.4, -0.2) is 44.0 Å². The van der Waals surface area contributed by atoms with Crippen molar-refractivity contribution in [2.24, 2.45) is 0 Å². The lowest BCUT2D eigenvalue weighted by atomic mass is 10.1. The largest absolute Gasteiger partial charge is 0.406 e. The van der Waals surface area contributed by atoms with E-state index in [2.05, 4.69) is 11.3 Å². The first-order chi connectivity index (χ1) is 11.7. The fourth-order valence-corrected chi connectivity index (χ4v) is 3.67. The van der Waals surface area contributed by atoms with Crippen LogP contribution in [0.3, 0.4) is 0 Å². The maximum atomic E-state index is 12.7. The van der Waals surface area contributed by atoms with E-state index >= 15 is 0 Å². The number of hydrogen-bond acceptors (Lipinski definition) is 3. The summed E-state index contributed by atoms with van der Waals surface area (Å²) in [6, 6.07) is 3.80. The number of carbonyl (C=O) groups excluding carboxylic acids is 1. The summed E-state index contributed by atoms with van der Waals surface area (Å²) in [7, 11) is -3.93. The Balaban J connectivity index is 3.31. The number of hydrogen-bond donors (Lipinski definition) is 1. The molecule has 0 heterocycles. The van der Waals surface area contributed by atoms with Gasteiger partial charge in [0.25, 0.3) is 5.91 Å². The molecular weight excluding hydrogens is 369 g/mol. The Labute approximate surface area is 151 Å². The maximum absolute atomic E-state index is 12.7. The molecule has 1 aromatic rings. The highest BCUT2D eigenvalue weighted by molar-refractivity contribution is 7.89. The van der Waals surface area contributed by atoms with E-state index in [1.807, 2.05) is 0 Å². The molecule has 1 amide bonds. The van der Waals surface area contributed by atoms with Crippen LogP contribution in [-0.2, 0) is 10.0 Å². The first-order valence-corrected chi connectivity index (χ1v) is 9.26. The lowest BCUT2D eigenvalue weighted by Gasteiger charge is -2.24. The van der Waals surface area contributed by atoms with Gasteiger partial charge in [-0.05, 0) is 45.4 Å². The number of sulfonamides is 1. The van der Waals surface area contributed by atoms with Crippen LogP contribution in [0.2, 0.25) is 0 Å². The summed E-state index contributed by atoms with van der Waals surface area (Å²) in [4.78, 5) is 12.9. The summed E-state index contributed by atoms with van der Waals surface area (Å²) in [6.07, 6.45) is -3.40. The van der Waals surface area contributed by atoms with Crippen molar-refractivity contribution in [2.45, 2.75) is 44.3 Å². The Bertz CT molecular complexity index is 781. The van der Waals surface area contributed by atoms with Crippen molar-refractivity contribution in [1.29, 1.82) is 0 Å². The molecule has 0 aliphatic heterocycles. The van der Waals surface area contributed by atoms with Gasteiger partial charge in [-0.25, -0.2) is 13.1 Å². The van der Waals surface area contributed by atoms with Crippen molar-refractivity contribution in [1.82, 2.24) is 9.62 Å². The Hall–Kier alpha value is -1.87. The highest BCUT2D eigenvalue weighted by Gasteiger charge is 2.33. The normalized spacial score (nSPS) is 12.7. The van der Waals surface area contributed by atoms with Gasteiger partial charge in [0.2, 0.25) is 10.0 Å². The molecule has 5 nitrogen and oxygen atoms in total. The zero-order chi connectivity index (χ0) is 20.3. The molecule has 0 spiro atoms. The monoisotopic (exact) mass is 392 g/mol. The number of benzene rings is 1. The first-order valence-electron chi connectivity index (χ1n) is 7.78. The smallest absolute Gasteiger partial charge is 0.326 e. The molecular formula is C17H23F3N2O3S. The Morgan fingerprint density at radius 1 is 1.27 bits per heavy atom. The fourth-order valence-electron chi connectivity index (χ4n) is 2.22. The van der Waals surface area contributed by atoms with Gasteiger partial charge < -0.3 is 4.90 Å². The van der Waals surface area contributed by atoms with E-state index in [0.717, 1.165) is 6.07 Å². The molecule has 1 aromatic carbocycles. The molecule has 9 heteroatoms. The summed E-state index contributed by atoms with van der Waals surface area (Å²) in [5.41, 5.74) is -0.479. The van der Waals surface area contributed by atoms with E-state index in [9.17, 15) is 26.4 Å². The van der Waals surface area contributed by atoms with Gasteiger partial charge in [-0.1, -0.05) is 12.1 Å². The predicted molar refractivity (Wildman–Crippen MR) is 93.4 cm³/mol. The van der Waals surface area contributed by atoms with Gasteiger partial charge in [0, 0.05) is 17.6 Å². The Morgan fingerprint density at radius 2 is 1.85 bits per heavy atom. The van der Waals surface area contributed by atoms with Crippen LogP contribution in [0, 0.1) is 6.92 Å². The molecule has 1 N–H and O–H groups in total. The van der Waals surface area contributed by atoms with Crippen LogP contribution in [0.15, 0.2) is 35.7 Å². The minimum Gasteiger partial charge on any atom is -0.326 e. The lowest BCUT2D eigenvalue weighted by molar-refractivity contribution is -0.139. The standard InChI is InChI=1S/C17H23F3N2O3S/c1-6-9-22(11-17(18,19)20)15(23)14-10-13(8-7-12(14)2)26(24,25)21-16(3,4)5/h6-8,10,21H,1,9,11H2,2-5H3. The van der Waals surface area contributed by atoms with Gasteiger partial charge in [0.1, 0.15) is 6.54 Å². The highest BCUT2D eigenvalue weighted by atomic mass is 32.2. The van der Waals surface area contributed by atoms with Crippen LogP contribution in [0.5, 0.6) is 0 Å². The first kappa shape index (κ1) is 22.2. The van der Waals surface area contributed by atoms with E-state index in [4.69, 9.17) is 0 Å². The van der Waals surface area contributed by atoms with E-state index < -0.39 is 34.2 Å². The number of halogens is 3. The van der Waals surface area contributed by atoms with Crippen molar-refractivity contribution in [3.63, 3.8) is 0 Å². The summed E-state index contributed by atoms with van der Waals surface area (Å²) >= 11 is 0. The number of amides is 1. The molecule has 26 heavy (non-hydrogen) atoms. The molecule has 0 aliphatic carbocycles. The maximum Gasteiger partial charge on any atom is 0.406 e. The number of nitrogens with one attached hydrogen (secondary N) is 1. The molecule has 0 fully saturated rings. The topological polar surface area (TPSA) is 66.5 Å². The molecule has 0 bridgehead atoms. The second-order valence-corrected chi connectivity index (χ2v) is 8.60. The van der Waals surface area contributed by atoms with Crippen molar-refractivity contribution < 1.29 is 26.4 Å². The third kappa shape index (κ3) is 6.45. The zero-order valence-corrected chi connectivity index (χ0v) is 16.0. The van der Waals surface area contributed by atoms with Crippen LogP contribution in [0.1, 0.15) is 36.7 Å².